The van der Waals surface area contributed by atoms with Crippen LogP contribution in [0.4, 0.5) is 22.1 Å². The summed E-state index contributed by atoms with van der Waals surface area (Å²) in [6.45, 7) is 14.7. The molecule has 0 unspecified atom stereocenters. The number of hydrogen-bond acceptors (Lipinski definition) is 6. The second-order valence-electron chi connectivity index (χ2n) is 9.96. The molecule has 32 heavy (non-hydrogen) atoms. The van der Waals surface area contributed by atoms with Crippen LogP contribution in [-0.2, 0) is 11.3 Å². The van der Waals surface area contributed by atoms with Crippen molar-refractivity contribution in [1.29, 1.82) is 0 Å². The standard InChI is InChI=1S/C25H37N5O2/c1-17(2)19-9-11-30(12-10-19)23-26-15-22(16-27-23)29-21-8-7-20(18(3)13-21)14-28-24(31)32-25(4,5)6/h7-8,13,15-17,19,29H,9-12,14H2,1-6H3,(H,28,31). The van der Waals surface area contributed by atoms with E-state index in [1.165, 1.54) is 12.8 Å². The van der Waals surface area contributed by atoms with Gasteiger partial charge in [0.05, 0.1) is 18.1 Å². The summed E-state index contributed by atoms with van der Waals surface area (Å²) in [6, 6.07) is 6.05. The molecule has 0 atom stereocenters. The van der Waals surface area contributed by atoms with Crippen molar-refractivity contribution in [3.63, 3.8) is 0 Å². The van der Waals surface area contributed by atoms with Gasteiger partial charge < -0.3 is 20.3 Å². The third kappa shape index (κ3) is 6.84. The second-order valence-corrected chi connectivity index (χ2v) is 9.96. The highest BCUT2D eigenvalue weighted by atomic mass is 16.6. The summed E-state index contributed by atoms with van der Waals surface area (Å²) in [5, 5.41) is 6.17. The largest absolute Gasteiger partial charge is 0.444 e. The first-order valence-electron chi connectivity index (χ1n) is 11.5. The van der Waals surface area contributed by atoms with Gasteiger partial charge in [0.15, 0.2) is 0 Å². The third-order valence-corrected chi connectivity index (χ3v) is 5.86. The zero-order chi connectivity index (χ0) is 23.3. The summed E-state index contributed by atoms with van der Waals surface area (Å²) in [5.41, 5.74) is 3.42. The molecule has 1 saturated heterocycles. The molecule has 3 rings (SSSR count). The predicted molar refractivity (Wildman–Crippen MR) is 129 cm³/mol. The quantitative estimate of drug-likeness (QED) is 0.625. The number of piperidine rings is 1. The first-order chi connectivity index (χ1) is 15.1. The van der Waals surface area contributed by atoms with Crippen LogP contribution >= 0.6 is 0 Å². The number of benzene rings is 1. The van der Waals surface area contributed by atoms with Crippen LogP contribution in [0.25, 0.3) is 0 Å². The molecule has 1 amide bonds. The molecule has 174 valence electrons. The van der Waals surface area contributed by atoms with Gasteiger partial charge in [-0.1, -0.05) is 19.9 Å². The Hall–Kier alpha value is -2.83. The van der Waals surface area contributed by atoms with Gasteiger partial charge in [-0.2, -0.15) is 0 Å². The van der Waals surface area contributed by atoms with Crippen molar-refractivity contribution in [3.05, 3.63) is 41.7 Å². The number of carbonyl (C=O) groups excluding carboxylic acids is 1. The van der Waals surface area contributed by atoms with Crippen molar-refractivity contribution in [2.24, 2.45) is 11.8 Å². The first-order valence-corrected chi connectivity index (χ1v) is 11.5. The normalized spacial score (nSPS) is 15.0. The summed E-state index contributed by atoms with van der Waals surface area (Å²) in [5.74, 6) is 2.35. The van der Waals surface area contributed by atoms with Gasteiger partial charge in [-0.25, -0.2) is 14.8 Å². The van der Waals surface area contributed by atoms with Gasteiger partial charge >= 0.3 is 6.09 Å². The van der Waals surface area contributed by atoms with Crippen LogP contribution in [0.15, 0.2) is 30.6 Å². The molecule has 2 aromatic rings. The van der Waals surface area contributed by atoms with Gasteiger partial charge in [-0.3, -0.25) is 0 Å². The maximum Gasteiger partial charge on any atom is 0.407 e. The Labute approximate surface area is 192 Å². The lowest BCUT2D eigenvalue weighted by molar-refractivity contribution is 0.0523. The minimum absolute atomic E-state index is 0.412. The van der Waals surface area contributed by atoms with E-state index in [9.17, 15) is 4.79 Å². The van der Waals surface area contributed by atoms with Crippen molar-refractivity contribution in [2.45, 2.75) is 66.5 Å². The van der Waals surface area contributed by atoms with Crippen LogP contribution in [0.2, 0.25) is 0 Å². The number of ether oxygens (including phenoxy) is 1. The van der Waals surface area contributed by atoms with Crippen LogP contribution < -0.4 is 15.5 Å². The highest BCUT2D eigenvalue weighted by molar-refractivity contribution is 5.68. The molecule has 1 aliphatic rings. The van der Waals surface area contributed by atoms with E-state index in [0.29, 0.717) is 6.54 Å². The van der Waals surface area contributed by atoms with Crippen LogP contribution in [0.1, 0.15) is 58.6 Å². The fourth-order valence-corrected chi connectivity index (χ4v) is 3.94. The SMILES string of the molecule is Cc1cc(Nc2cnc(N3CCC(C(C)C)CC3)nc2)ccc1CNC(=O)OC(C)(C)C. The Balaban J connectivity index is 1.54. The molecule has 0 radical (unpaired) electrons. The maximum atomic E-state index is 11.9. The Morgan fingerprint density at radius 3 is 2.38 bits per heavy atom. The van der Waals surface area contributed by atoms with E-state index in [4.69, 9.17) is 4.74 Å². The van der Waals surface area contributed by atoms with Crippen molar-refractivity contribution >= 4 is 23.4 Å². The van der Waals surface area contributed by atoms with Crippen LogP contribution in [0.3, 0.4) is 0 Å². The van der Waals surface area contributed by atoms with E-state index >= 15 is 0 Å². The number of nitrogens with one attached hydrogen (secondary N) is 2. The van der Waals surface area contributed by atoms with E-state index in [-0.39, 0.29) is 0 Å². The van der Waals surface area contributed by atoms with E-state index in [1.54, 1.807) is 0 Å². The predicted octanol–water partition coefficient (Wildman–Crippen LogP) is 5.43. The van der Waals surface area contributed by atoms with E-state index in [0.717, 1.165) is 53.4 Å². The molecule has 2 N–H and O–H groups in total. The minimum atomic E-state index is -0.505. The highest BCUT2D eigenvalue weighted by Gasteiger charge is 2.23. The average Bonchev–Trinajstić information content (AvgIpc) is 2.72. The smallest absolute Gasteiger partial charge is 0.407 e. The number of hydrogen-bond donors (Lipinski definition) is 2. The number of aromatic nitrogens is 2. The number of nitrogens with zero attached hydrogens (tertiary/aromatic N) is 3. The van der Waals surface area contributed by atoms with Gasteiger partial charge in [0.2, 0.25) is 5.95 Å². The number of anilines is 3. The van der Waals surface area contributed by atoms with Crippen LogP contribution in [-0.4, -0.2) is 34.8 Å². The monoisotopic (exact) mass is 439 g/mol. The lowest BCUT2D eigenvalue weighted by Gasteiger charge is -2.33. The molecule has 2 heterocycles. The molecule has 0 saturated carbocycles. The summed E-state index contributed by atoms with van der Waals surface area (Å²) in [4.78, 5) is 23.3. The van der Waals surface area contributed by atoms with Crippen LogP contribution in [0.5, 0.6) is 0 Å². The molecule has 1 fully saturated rings. The molecular weight excluding hydrogens is 402 g/mol. The summed E-state index contributed by atoms with van der Waals surface area (Å²) >= 11 is 0. The molecular formula is C25H37N5O2. The van der Waals surface area contributed by atoms with Crippen LogP contribution in [0, 0.1) is 18.8 Å². The molecule has 0 bridgehead atoms. The third-order valence-electron chi connectivity index (χ3n) is 5.86. The van der Waals surface area contributed by atoms with Gasteiger partial charge in [-0.15, -0.1) is 0 Å². The molecule has 0 aliphatic carbocycles. The number of alkyl carbamates (subject to hydrolysis) is 1. The van der Waals surface area contributed by atoms with Gasteiger partial charge in [0.1, 0.15) is 5.60 Å². The maximum absolute atomic E-state index is 11.9. The Bertz CT molecular complexity index is 898. The zero-order valence-electron chi connectivity index (χ0n) is 20.2. The second kappa shape index (κ2) is 10.2. The van der Waals surface area contributed by atoms with Crippen molar-refractivity contribution in [3.8, 4) is 0 Å². The van der Waals surface area contributed by atoms with Gasteiger partial charge in [0.25, 0.3) is 0 Å². The molecule has 0 spiro atoms. The number of amides is 1. The molecule has 1 aliphatic heterocycles. The lowest BCUT2D eigenvalue weighted by Crippen LogP contribution is -2.36. The number of rotatable bonds is 6. The fourth-order valence-electron chi connectivity index (χ4n) is 3.94. The topological polar surface area (TPSA) is 79.4 Å². The van der Waals surface area contributed by atoms with Crippen molar-refractivity contribution in [1.82, 2.24) is 15.3 Å². The van der Waals surface area contributed by atoms with Gasteiger partial charge in [0, 0.05) is 25.3 Å². The van der Waals surface area contributed by atoms with E-state index in [2.05, 4.69) is 45.4 Å². The molecule has 1 aromatic heterocycles. The summed E-state index contributed by atoms with van der Waals surface area (Å²) < 4.78 is 5.29. The summed E-state index contributed by atoms with van der Waals surface area (Å²) in [7, 11) is 0. The average molecular weight is 440 g/mol. The van der Waals surface area contributed by atoms with E-state index < -0.39 is 11.7 Å². The van der Waals surface area contributed by atoms with Gasteiger partial charge in [-0.05, 0) is 75.6 Å². The lowest BCUT2D eigenvalue weighted by atomic mass is 9.87. The first kappa shape index (κ1) is 23.8. The van der Waals surface area contributed by atoms with E-state index in [1.807, 2.05) is 52.2 Å². The molecule has 1 aromatic carbocycles. The summed E-state index contributed by atoms with van der Waals surface area (Å²) in [6.07, 6.45) is 5.67. The Kier molecular flexibility index (Phi) is 7.59. The minimum Gasteiger partial charge on any atom is -0.444 e. The number of carbonyl (C=O) groups is 1. The zero-order valence-corrected chi connectivity index (χ0v) is 20.2. The Morgan fingerprint density at radius 1 is 1.16 bits per heavy atom. The van der Waals surface area contributed by atoms with Crippen molar-refractivity contribution in [2.75, 3.05) is 23.3 Å². The Morgan fingerprint density at radius 2 is 1.81 bits per heavy atom. The van der Waals surface area contributed by atoms with Crippen molar-refractivity contribution < 1.29 is 9.53 Å². The fraction of sp³-hybridized carbons (Fsp3) is 0.560. The molecule has 7 nitrogen and oxygen atoms in total. The number of aryl methyl sites for hydroxylation is 1. The highest BCUT2D eigenvalue weighted by Crippen LogP contribution is 2.27. The molecule has 7 heteroatoms.